The highest BCUT2D eigenvalue weighted by Crippen LogP contribution is 2.18. The smallest absolute Gasteiger partial charge is 0.311 e. The van der Waals surface area contributed by atoms with Gasteiger partial charge in [0, 0.05) is 6.42 Å². The van der Waals surface area contributed by atoms with E-state index in [1.54, 1.807) is 0 Å². The molecule has 1 aliphatic heterocycles. The highest BCUT2D eigenvalue weighted by atomic mass is 16.7. The summed E-state index contributed by atoms with van der Waals surface area (Å²) in [7, 11) is 0. The number of carbonyl (C=O) groups excluding carboxylic acids is 1. The Kier molecular flexibility index (Phi) is 4.39. The molecule has 0 N–H and O–H groups in total. The zero-order chi connectivity index (χ0) is 10.6. The largest absolute Gasteiger partial charge is 0.436 e. The summed E-state index contributed by atoms with van der Waals surface area (Å²) in [4.78, 5) is 11.6. The van der Waals surface area contributed by atoms with E-state index < -0.39 is 0 Å². The summed E-state index contributed by atoms with van der Waals surface area (Å²) in [5.41, 5.74) is 0. The van der Waals surface area contributed by atoms with Crippen molar-refractivity contribution in [2.75, 3.05) is 6.61 Å². The fourth-order valence-corrected chi connectivity index (χ4v) is 1.31. The summed E-state index contributed by atoms with van der Waals surface area (Å²) in [6.45, 7) is 6.66. The molecule has 0 aromatic heterocycles. The van der Waals surface area contributed by atoms with E-state index in [-0.39, 0.29) is 18.2 Å². The number of rotatable bonds is 3. The van der Waals surface area contributed by atoms with Crippen molar-refractivity contribution in [1.29, 1.82) is 0 Å². The highest BCUT2D eigenvalue weighted by Gasteiger charge is 2.23. The Morgan fingerprint density at radius 2 is 2.07 bits per heavy atom. The van der Waals surface area contributed by atoms with Gasteiger partial charge in [0.1, 0.15) is 0 Å². The van der Waals surface area contributed by atoms with Gasteiger partial charge in [-0.05, 0) is 18.8 Å². The molecule has 1 rings (SSSR count). The van der Waals surface area contributed by atoms with E-state index in [0.29, 0.717) is 12.5 Å². The van der Waals surface area contributed by atoms with E-state index >= 15 is 0 Å². The molecule has 1 heterocycles. The van der Waals surface area contributed by atoms with Crippen LogP contribution in [0.1, 0.15) is 40.0 Å². The lowest BCUT2D eigenvalue weighted by Crippen LogP contribution is -2.29. The van der Waals surface area contributed by atoms with Crippen molar-refractivity contribution in [2.24, 2.45) is 11.8 Å². The number of carbonyl (C=O) groups is 1. The van der Waals surface area contributed by atoms with E-state index in [1.165, 1.54) is 0 Å². The van der Waals surface area contributed by atoms with E-state index in [4.69, 9.17) is 9.47 Å². The molecule has 0 bridgehead atoms. The van der Waals surface area contributed by atoms with Crippen molar-refractivity contribution in [3.05, 3.63) is 0 Å². The van der Waals surface area contributed by atoms with Crippen molar-refractivity contribution in [3.8, 4) is 0 Å². The lowest BCUT2D eigenvalue weighted by molar-refractivity contribution is -0.191. The molecule has 2 unspecified atom stereocenters. The fourth-order valence-electron chi connectivity index (χ4n) is 1.31. The molecule has 0 radical (unpaired) electrons. The number of hydrogen-bond donors (Lipinski definition) is 0. The predicted octanol–water partition coefficient (Wildman–Crippen LogP) is 2.35. The quantitative estimate of drug-likeness (QED) is 0.656. The first-order valence-corrected chi connectivity index (χ1v) is 5.43. The second-order valence-electron chi connectivity index (χ2n) is 4.27. The van der Waals surface area contributed by atoms with Gasteiger partial charge in [0.25, 0.3) is 0 Å². The van der Waals surface area contributed by atoms with Gasteiger partial charge >= 0.3 is 5.97 Å². The maximum Gasteiger partial charge on any atom is 0.311 e. The molecule has 82 valence electrons. The van der Waals surface area contributed by atoms with Gasteiger partial charge in [-0.25, -0.2) is 0 Å². The Bertz CT molecular complexity index is 183. The van der Waals surface area contributed by atoms with Crippen molar-refractivity contribution in [2.45, 2.75) is 46.3 Å². The van der Waals surface area contributed by atoms with Gasteiger partial charge in [-0.2, -0.15) is 0 Å². The van der Waals surface area contributed by atoms with E-state index in [0.717, 1.165) is 19.3 Å². The average Bonchev–Trinajstić information content (AvgIpc) is 2.18. The predicted molar refractivity (Wildman–Crippen MR) is 53.7 cm³/mol. The molecule has 1 fully saturated rings. The first-order chi connectivity index (χ1) is 6.61. The maximum atomic E-state index is 11.6. The van der Waals surface area contributed by atoms with Gasteiger partial charge < -0.3 is 9.47 Å². The molecule has 0 spiro atoms. The monoisotopic (exact) mass is 200 g/mol. The number of hydrogen-bond acceptors (Lipinski definition) is 3. The van der Waals surface area contributed by atoms with Crippen LogP contribution in [0.2, 0.25) is 0 Å². The third-order valence-corrected chi connectivity index (χ3v) is 2.76. The summed E-state index contributed by atoms with van der Waals surface area (Å²) in [5, 5.41) is 0. The minimum atomic E-state index is -0.294. The third-order valence-electron chi connectivity index (χ3n) is 2.76. The standard InChI is InChI=1S/C11H20O3/c1-8(2)9(3)11(12)14-10-6-4-5-7-13-10/h8-10H,4-7H2,1-3H3. The van der Waals surface area contributed by atoms with Gasteiger partial charge in [0.05, 0.1) is 12.5 Å². The summed E-state index contributed by atoms with van der Waals surface area (Å²) < 4.78 is 10.6. The zero-order valence-electron chi connectivity index (χ0n) is 9.29. The molecule has 2 atom stereocenters. The summed E-state index contributed by atoms with van der Waals surface area (Å²) >= 11 is 0. The summed E-state index contributed by atoms with van der Waals surface area (Å²) in [5.74, 6) is 0.151. The van der Waals surface area contributed by atoms with E-state index in [1.807, 2.05) is 20.8 Å². The molecule has 1 saturated heterocycles. The Morgan fingerprint density at radius 1 is 1.36 bits per heavy atom. The van der Waals surface area contributed by atoms with Gasteiger partial charge in [0.2, 0.25) is 6.29 Å². The van der Waals surface area contributed by atoms with Crippen LogP contribution in [0.25, 0.3) is 0 Å². The molecule has 0 saturated carbocycles. The van der Waals surface area contributed by atoms with Crippen LogP contribution in [-0.4, -0.2) is 18.9 Å². The topological polar surface area (TPSA) is 35.5 Å². The Labute approximate surface area is 85.8 Å². The molecule has 3 heteroatoms. The summed E-state index contributed by atoms with van der Waals surface area (Å²) in [6.07, 6.45) is 2.72. The lowest BCUT2D eigenvalue weighted by Gasteiger charge is -2.24. The molecule has 3 nitrogen and oxygen atoms in total. The number of esters is 1. The van der Waals surface area contributed by atoms with E-state index in [9.17, 15) is 4.79 Å². The average molecular weight is 200 g/mol. The lowest BCUT2D eigenvalue weighted by atomic mass is 9.98. The van der Waals surface area contributed by atoms with Crippen LogP contribution in [0.4, 0.5) is 0 Å². The van der Waals surface area contributed by atoms with Crippen LogP contribution in [0.3, 0.4) is 0 Å². The second kappa shape index (κ2) is 5.35. The van der Waals surface area contributed by atoms with Gasteiger partial charge in [-0.15, -0.1) is 0 Å². The molecule has 14 heavy (non-hydrogen) atoms. The molecular formula is C11H20O3. The Hall–Kier alpha value is -0.570. The van der Waals surface area contributed by atoms with Crippen molar-refractivity contribution >= 4 is 5.97 Å². The molecule has 0 aliphatic carbocycles. The minimum Gasteiger partial charge on any atom is -0.436 e. The SMILES string of the molecule is CC(C)C(C)C(=O)OC1CCCCO1. The minimum absolute atomic E-state index is 0.0412. The van der Waals surface area contributed by atoms with Crippen LogP contribution in [0.15, 0.2) is 0 Å². The van der Waals surface area contributed by atoms with E-state index in [2.05, 4.69) is 0 Å². The molecule has 0 aromatic rings. The second-order valence-corrected chi connectivity index (χ2v) is 4.27. The molecule has 0 amide bonds. The van der Waals surface area contributed by atoms with Crippen LogP contribution in [0, 0.1) is 11.8 Å². The number of ether oxygens (including phenoxy) is 2. The first kappa shape index (κ1) is 11.5. The fraction of sp³-hybridized carbons (Fsp3) is 0.909. The maximum absolute atomic E-state index is 11.6. The summed E-state index contributed by atoms with van der Waals surface area (Å²) in [6, 6.07) is 0. The van der Waals surface area contributed by atoms with Crippen molar-refractivity contribution < 1.29 is 14.3 Å². The molecule has 1 aliphatic rings. The van der Waals surface area contributed by atoms with Crippen LogP contribution >= 0.6 is 0 Å². The van der Waals surface area contributed by atoms with Gasteiger partial charge in [0.15, 0.2) is 0 Å². The zero-order valence-corrected chi connectivity index (χ0v) is 9.29. The normalized spacial score (nSPS) is 24.7. The molecular weight excluding hydrogens is 180 g/mol. The first-order valence-electron chi connectivity index (χ1n) is 5.43. The third kappa shape index (κ3) is 3.29. The van der Waals surface area contributed by atoms with Crippen LogP contribution in [-0.2, 0) is 14.3 Å². The van der Waals surface area contributed by atoms with Gasteiger partial charge in [-0.1, -0.05) is 20.8 Å². The Morgan fingerprint density at radius 3 is 2.57 bits per heavy atom. The Balaban J connectivity index is 2.31. The van der Waals surface area contributed by atoms with Crippen molar-refractivity contribution in [3.63, 3.8) is 0 Å². The highest BCUT2D eigenvalue weighted by molar-refractivity contribution is 5.72. The van der Waals surface area contributed by atoms with Crippen LogP contribution in [0.5, 0.6) is 0 Å². The van der Waals surface area contributed by atoms with Crippen molar-refractivity contribution in [1.82, 2.24) is 0 Å². The van der Waals surface area contributed by atoms with Crippen LogP contribution < -0.4 is 0 Å². The molecule has 0 aromatic carbocycles. The van der Waals surface area contributed by atoms with Gasteiger partial charge in [-0.3, -0.25) is 4.79 Å².